The Hall–Kier alpha value is -2.85. The summed E-state index contributed by atoms with van der Waals surface area (Å²) in [5, 5.41) is 1.26. The van der Waals surface area contributed by atoms with Gasteiger partial charge in [0.05, 0.1) is 11.5 Å². The van der Waals surface area contributed by atoms with Crippen LogP contribution in [0.4, 0.5) is 0 Å². The number of pyridine rings is 1. The van der Waals surface area contributed by atoms with Crippen LogP contribution in [0.1, 0.15) is 141 Å². The molecule has 0 radical (unpaired) electrons. The molecule has 3 aromatic rings. The number of esters is 1. The molecular formula is C43H65NO7S. The van der Waals surface area contributed by atoms with Gasteiger partial charge in [0, 0.05) is 30.4 Å². The fraction of sp³-hybridized carbons (Fsp3) is 0.628. The summed E-state index contributed by atoms with van der Waals surface area (Å²) in [6.45, 7) is 5.90. The van der Waals surface area contributed by atoms with Gasteiger partial charge in [0.1, 0.15) is 29.4 Å². The van der Waals surface area contributed by atoms with Crippen LogP contribution < -0.4 is 4.57 Å². The summed E-state index contributed by atoms with van der Waals surface area (Å²) in [6.07, 6.45) is 26.8. The third-order valence-corrected chi connectivity index (χ3v) is 10.5. The summed E-state index contributed by atoms with van der Waals surface area (Å²) in [6, 6.07) is 18.5. The summed E-state index contributed by atoms with van der Waals surface area (Å²) in [5.41, 5.74) is 2.18. The van der Waals surface area contributed by atoms with Crippen molar-refractivity contribution in [3.05, 3.63) is 72.4 Å². The molecule has 1 aliphatic rings. The van der Waals surface area contributed by atoms with E-state index in [1.165, 1.54) is 113 Å². The Morgan fingerprint density at radius 3 is 1.98 bits per heavy atom. The van der Waals surface area contributed by atoms with E-state index in [9.17, 15) is 17.8 Å². The molecule has 1 fully saturated rings. The number of fused-ring (bicyclic) bond motifs is 1. The number of hydrogen-bond acceptors (Lipinski definition) is 7. The van der Waals surface area contributed by atoms with Gasteiger partial charge in [-0.1, -0.05) is 127 Å². The first-order chi connectivity index (χ1) is 25.3. The largest absolute Gasteiger partial charge is 0.744 e. The molecule has 2 atom stereocenters. The van der Waals surface area contributed by atoms with Crippen LogP contribution in [0.5, 0.6) is 0 Å². The average Bonchev–Trinajstić information content (AvgIpc) is 3.60. The van der Waals surface area contributed by atoms with E-state index in [4.69, 9.17) is 14.2 Å². The maximum absolute atomic E-state index is 12.2. The molecule has 0 unspecified atom stereocenters. The second-order valence-electron chi connectivity index (χ2n) is 14.3. The number of aromatic nitrogens is 1. The van der Waals surface area contributed by atoms with Gasteiger partial charge in [0.25, 0.3) is 0 Å². The van der Waals surface area contributed by atoms with E-state index in [2.05, 4.69) is 54.1 Å². The second kappa shape index (κ2) is 26.0. The maximum Gasteiger partial charge on any atom is 0.305 e. The summed E-state index contributed by atoms with van der Waals surface area (Å²) in [4.78, 5) is 12.0. The predicted octanol–water partition coefficient (Wildman–Crippen LogP) is 10.1. The first kappa shape index (κ1) is 43.6. The zero-order valence-electron chi connectivity index (χ0n) is 32.0. The predicted molar refractivity (Wildman–Crippen MR) is 207 cm³/mol. The quantitative estimate of drug-likeness (QED) is 0.0369. The molecule has 52 heavy (non-hydrogen) atoms. The number of unbranched alkanes of at least 4 members (excludes halogenated alkanes) is 16. The van der Waals surface area contributed by atoms with Crippen molar-refractivity contribution >= 4 is 27.0 Å². The lowest BCUT2D eigenvalue weighted by molar-refractivity contribution is -0.671. The van der Waals surface area contributed by atoms with Gasteiger partial charge < -0.3 is 18.8 Å². The van der Waals surface area contributed by atoms with E-state index < -0.39 is 10.1 Å². The van der Waals surface area contributed by atoms with Crippen LogP contribution in [0.2, 0.25) is 0 Å². The molecule has 9 heteroatoms. The number of ether oxygens (including phenoxy) is 3. The van der Waals surface area contributed by atoms with Gasteiger partial charge in [-0.2, -0.15) is 4.57 Å². The molecule has 1 aliphatic heterocycles. The van der Waals surface area contributed by atoms with E-state index in [0.717, 1.165) is 44.2 Å². The van der Waals surface area contributed by atoms with E-state index in [-0.39, 0.29) is 23.3 Å². The van der Waals surface area contributed by atoms with Gasteiger partial charge in [-0.05, 0) is 56.9 Å². The number of carbonyl (C=O) groups excluding carboxylic acids is 1. The van der Waals surface area contributed by atoms with Crippen molar-refractivity contribution in [1.82, 2.24) is 0 Å². The van der Waals surface area contributed by atoms with E-state index in [0.29, 0.717) is 19.6 Å². The lowest BCUT2D eigenvalue weighted by atomic mass is 10.0. The monoisotopic (exact) mass is 739 g/mol. The molecule has 0 saturated carbocycles. The normalized spacial score (nSPS) is 15.8. The van der Waals surface area contributed by atoms with Crippen molar-refractivity contribution in [1.29, 1.82) is 0 Å². The molecule has 290 valence electrons. The SMILES string of the molecule is CCCCCCCCCCCCCCCCC[C@@H]1OC[C@@H](COC(=O)CCCCC[n+]2cccc3ccccc32)O1.Cc1ccc(S(=O)(=O)[O-])cc1. The second-order valence-corrected chi connectivity index (χ2v) is 15.7. The van der Waals surface area contributed by atoms with Crippen molar-refractivity contribution in [2.45, 2.75) is 166 Å². The van der Waals surface area contributed by atoms with Crippen LogP contribution in [0.15, 0.2) is 71.8 Å². The molecule has 0 aliphatic carbocycles. The third kappa shape index (κ3) is 18.8. The van der Waals surface area contributed by atoms with Crippen LogP contribution in [0.3, 0.4) is 0 Å². The number of para-hydroxylation sites is 1. The maximum atomic E-state index is 12.2. The molecule has 0 N–H and O–H groups in total. The van der Waals surface area contributed by atoms with Gasteiger partial charge >= 0.3 is 5.97 Å². The number of rotatable bonds is 25. The summed E-state index contributed by atoms with van der Waals surface area (Å²) >= 11 is 0. The number of nitrogens with zero attached hydrogens (tertiary/aromatic N) is 1. The molecule has 2 heterocycles. The van der Waals surface area contributed by atoms with E-state index >= 15 is 0 Å². The lowest BCUT2D eigenvalue weighted by Crippen LogP contribution is -2.33. The summed E-state index contributed by atoms with van der Waals surface area (Å²) in [7, 11) is -4.27. The zero-order chi connectivity index (χ0) is 37.3. The lowest BCUT2D eigenvalue weighted by Gasteiger charge is -2.12. The van der Waals surface area contributed by atoms with Crippen molar-refractivity contribution in [3.63, 3.8) is 0 Å². The molecule has 0 amide bonds. The van der Waals surface area contributed by atoms with Crippen molar-refractivity contribution in [2.24, 2.45) is 0 Å². The standard InChI is InChI=1S/C36H58NO4.C7H8O3S/c1-2-3-4-5-6-7-8-9-10-11-12-13-14-15-18-27-36-40-31-33(41-36)30-39-35(38)26-17-16-21-28-37-29-22-24-32-23-19-20-25-34(32)37;1-6-2-4-7(5-3-6)11(8,9)10/h19-20,22-25,29,33,36H,2-18,21,26-28,30-31H2,1H3;2-5H,1H3,(H,8,9,10)/q+1;/p-1/t33-,36-;/m1./s1. The van der Waals surface area contributed by atoms with Gasteiger partial charge in [0.2, 0.25) is 5.52 Å². The van der Waals surface area contributed by atoms with Crippen molar-refractivity contribution in [2.75, 3.05) is 13.2 Å². The third-order valence-electron chi connectivity index (χ3n) is 9.66. The summed E-state index contributed by atoms with van der Waals surface area (Å²) in [5.74, 6) is -0.128. The molecule has 1 saturated heterocycles. The van der Waals surface area contributed by atoms with Crippen LogP contribution >= 0.6 is 0 Å². The van der Waals surface area contributed by atoms with Gasteiger partial charge in [-0.15, -0.1) is 0 Å². The van der Waals surface area contributed by atoms with Crippen molar-refractivity contribution in [3.8, 4) is 0 Å². The Labute approximate surface area is 314 Å². The molecule has 2 aromatic carbocycles. The van der Waals surface area contributed by atoms with Crippen LogP contribution in [-0.2, 0) is 35.7 Å². The zero-order valence-corrected chi connectivity index (χ0v) is 32.8. The minimum Gasteiger partial charge on any atom is -0.744 e. The Morgan fingerprint density at radius 1 is 0.769 bits per heavy atom. The topological polar surface area (TPSA) is 106 Å². The molecular weight excluding hydrogens is 675 g/mol. The fourth-order valence-corrected chi connectivity index (χ4v) is 7.01. The molecule has 1 aromatic heterocycles. The summed E-state index contributed by atoms with van der Waals surface area (Å²) < 4.78 is 50.7. The highest BCUT2D eigenvalue weighted by Gasteiger charge is 2.26. The number of hydrogen-bond donors (Lipinski definition) is 0. The van der Waals surface area contributed by atoms with Gasteiger partial charge in [-0.3, -0.25) is 4.79 Å². The number of aryl methyl sites for hydroxylation is 2. The molecule has 0 spiro atoms. The van der Waals surface area contributed by atoms with Gasteiger partial charge in [-0.25, -0.2) is 8.42 Å². The van der Waals surface area contributed by atoms with Crippen LogP contribution in [-0.4, -0.2) is 44.5 Å². The smallest absolute Gasteiger partial charge is 0.305 e. The number of benzene rings is 2. The van der Waals surface area contributed by atoms with E-state index in [1.807, 2.05) is 6.92 Å². The van der Waals surface area contributed by atoms with Crippen LogP contribution in [0, 0.1) is 6.92 Å². The molecule has 4 rings (SSSR count). The Kier molecular flexibility index (Phi) is 21.8. The highest BCUT2D eigenvalue weighted by Crippen LogP contribution is 2.20. The van der Waals surface area contributed by atoms with E-state index in [1.54, 1.807) is 12.1 Å². The highest BCUT2D eigenvalue weighted by atomic mass is 32.2. The Balaban J connectivity index is 0.000000564. The molecule has 0 bridgehead atoms. The number of carbonyl (C=O) groups is 1. The average molecular weight is 740 g/mol. The van der Waals surface area contributed by atoms with Crippen molar-refractivity contribution < 1.29 is 36.5 Å². The Morgan fingerprint density at radius 2 is 1.35 bits per heavy atom. The Bertz CT molecular complexity index is 1490. The van der Waals surface area contributed by atoms with Crippen LogP contribution in [0.25, 0.3) is 10.9 Å². The minimum atomic E-state index is -4.27. The minimum absolute atomic E-state index is 0.122. The highest BCUT2D eigenvalue weighted by molar-refractivity contribution is 7.85. The fourth-order valence-electron chi connectivity index (χ4n) is 6.54. The van der Waals surface area contributed by atoms with Gasteiger partial charge in [0.15, 0.2) is 12.5 Å². The first-order valence-electron chi connectivity index (χ1n) is 20.1. The molecule has 8 nitrogen and oxygen atoms in total. The first-order valence-corrected chi connectivity index (χ1v) is 21.5.